The second kappa shape index (κ2) is 7.83. The molecule has 3 N–H and O–H groups in total. The molecule has 0 spiro atoms. The maximum atomic E-state index is 12.4. The van der Waals surface area contributed by atoms with Gasteiger partial charge in [-0.3, -0.25) is 9.69 Å². The SMILES string of the molecule is O=c1cc(CN2CCC(NS(=O)(=O)N3CCOCC3)CC2)[nH]cc1O. The predicted molar refractivity (Wildman–Crippen MR) is 91.5 cm³/mol. The minimum Gasteiger partial charge on any atom is -0.503 e. The Bertz CT molecular complexity index is 737. The van der Waals surface area contributed by atoms with Gasteiger partial charge in [0.1, 0.15) is 0 Å². The van der Waals surface area contributed by atoms with Crippen molar-refractivity contribution in [1.82, 2.24) is 18.9 Å². The zero-order valence-electron chi connectivity index (χ0n) is 14.0. The fourth-order valence-electron chi connectivity index (χ4n) is 3.12. The average molecular weight is 372 g/mol. The van der Waals surface area contributed by atoms with Crippen molar-refractivity contribution in [2.24, 2.45) is 0 Å². The van der Waals surface area contributed by atoms with E-state index in [2.05, 4.69) is 14.6 Å². The molecule has 2 fully saturated rings. The molecule has 2 saturated heterocycles. The van der Waals surface area contributed by atoms with Gasteiger partial charge in [0.2, 0.25) is 5.43 Å². The zero-order chi connectivity index (χ0) is 17.9. The number of rotatable bonds is 5. The van der Waals surface area contributed by atoms with E-state index >= 15 is 0 Å². The molecular weight excluding hydrogens is 348 g/mol. The van der Waals surface area contributed by atoms with Gasteiger partial charge in [-0.15, -0.1) is 0 Å². The summed E-state index contributed by atoms with van der Waals surface area (Å²) in [5.41, 5.74) is 0.331. The quantitative estimate of drug-likeness (QED) is 0.624. The Morgan fingerprint density at radius 2 is 1.92 bits per heavy atom. The summed E-state index contributed by atoms with van der Waals surface area (Å²) in [6.07, 6.45) is 2.72. The van der Waals surface area contributed by atoms with Crippen molar-refractivity contribution in [3.05, 3.63) is 28.2 Å². The Hall–Kier alpha value is -1.46. The Labute approximate surface area is 146 Å². The van der Waals surface area contributed by atoms with Gasteiger partial charge in [0.05, 0.1) is 13.2 Å². The minimum absolute atomic E-state index is 0.0806. The maximum absolute atomic E-state index is 12.4. The van der Waals surface area contributed by atoms with Crippen molar-refractivity contribution in [3.8, 4) is 5.75 Å². The molecule has 0 atom stereocenters. The van der Waals surface area contributed by atoms with Gasteiger partial charge in [-0.2, -0.15) is 17.4 Å². The predicted octanol–water partition coefficient (Wildman–Crippen LogP) is -0.788. The van der Waals surface area contributed by atoms with Gasteiger partial charge in [-0.1, -0.05) is 0 Å². The summed E-state index contributed by atoms with van der Waals surface area (Å²) < 4.78 is 34.2. The minimum atomic E-state index is -3.46. The number of hydrogen-bond acceptors (Lipinski definition) is 6. The maximum Gasteiger partial charge on any atom is 0.279 e. The van der Waals surface area contributed by atoms with Crippen LogP contribution in [0, 0.1) is 0 Å². The second-order valence-corrected chi connectivity index (χ2v) is 8.09. The van der Waals surface area contributed by atoms with Crippen LogP contribution in [0.4, 0.5) is 0 Å². The number of aromatic hydroxyl groups is 1. The van der Waals surface area contributed by atoms with E-state index in [9.17, 15) is 18.3 Å². The van der Waals surface area contributed by atoms with Crippen LogP contribution in [-0.2, 0) is 21.5 Å². The van der Waals surface area contributed by atoms with Crippen LogP contribution >= 0.6 is 0 Å². The van der Waals surface area contributed by atoms with Crippen molar-refractivity contribution in [1.29, 1.82) is 0 Å². The first-order valence-corrected chi connectivity index (χ1v) is 9.86. The van der Waals surface area contributed by atoms with Gasteiger partial charge in [-0.05, 0) is 12.8 Å². The third-order valence-corrected chi connectivity index (χ3v) is 6.24. The van der Waals surface area contributed by atoms with Crippen molar-refractivity contribution in [2.45, 2.75) is 25.4 Å². The summed E-state index contributed by atoms with van der Waals surface area (Å²) in [5, 5.41) is 9.27. The normalized spacial score (nSPS) is 21.4. The summed E-state index contributed by atoms with van der Waals surface area (Å²) >= 11 is 0. The van der Waals surface area contributed by atoms with Crippen LogP contribution < -0.4 is 10.2 Å². The van der Waals surface area contributed by atoms with Gasteiger partial charge >= 0.3 is 0 Å². The van der Waals surface area contributed by atoms with E-state index in [0.717, 1.165) is 18.8 Å². The monoisotopic (exact) mass is 372 g/mol. The fraction of sp³-hybridized carbons (Fsp3) is 0.667. The van der Waals surface area contributed by atoms with Gasteiger partial charge < -0.3 is 14.8 Å². The summed E-state index contributed by atoms with van der Waals surface area (Å²) in [5.74, 6) is -0.292. The van der Waals surface area contributed by atoms with E-state index in [1.165, 1.54) is 16.6 Å². The van der Waals surface area contributed by atoms with Crippen molar-refractivity contribution in [3.63, 3.8) is 0 Å². The number of nitrogens with zero attached hydrogens (tertiary/aromatic N) is 2. The molecule has 0 aliphatic carbocycles. The van der Waals surface area contributed by atoms with Crippen LogP contribution in [0.5, 0.6) is 5.75 Å². The number of nitrogens with one attached hydrogen (secondary N) is 2. The molecule has 0 amide bonds. The number of H-pyrrole nitrogens is 1. The molecule has 10 heteroatoms. The van der Waals surface area contributed by atoms with Crippen LogP contribution in [-0.4, -0.2) is 73.1 Å². The molecule has 3 rings (SSSR count). The van der Waals surface area contributed by atoms with E-state index in [4.69, 9.17) is 4.74 Å². The molecule has 1 aromatic heterocycles. The molecule has 2 aliphatic heterocycles. The highest BCUT2D eigenvalue weighted by Gasteiger charge is 2.29. The summed E-state index contributed by atoms with van der Waals surface area (Å²) in [6.45, 7) is 3.69. The lowest BCUT2D eigenvalue weighted by atomic mass is 10.1. The summed E-state index contributed by atoms with van der Waals surface area (Å²) in [7, 11) is -3.46. The summed E-state index contributed by atoms with van der Waals surface area (Å²) in [4.78, 5) is 16.5. The Morgan fingerprint density at radius 3 is 2.56 bits per heavy atom. The molecule has 0 radical (unpaired) electrons. The first-order valence-electron chi connectivity index (χ1n) is 8.42. The lowest BCUT2D eigenvalue weighted by Gasteiger charge is -2.34. The van der Waals surface area contributed by atoms with Gasteiger partial charge in [-0.25, -0.2) is 0 Å². The number of aromatic nitrogens is 1. The highest BCUT2D eigenvalue weighted by molar-refractivity contribution is 7.87. The fourth-order valence-corrected chi connectivity index (χ4v) is 4.56. The second-order valence-electron chi connectivity index (χ2n) is 6.39. The molecule has 0 unspecified atom stereocenters. The molecule has 9 nitrogen and oxygen atoms in total. The number of hydrogen-bond donors (Lipinski definition) is 3. The Kier molecular flexibility index (Phi) is 5.74. The van der Waals surface area contributed by atoms with E-state index in [-0.39, 0.29) is 11.8 Å². The lowest BCUT2D eigenvalue weighted by molar-refractivity contribution is 0.0720. The number of morpholine rings is 1. The molecule has 2 aliphatic rings. The van der Waals surface area contributed by atoms with Crippen LogP contribution in [0.3, 0.4) is 0 Å². The highest BCUT2D eigenvalue weighted by atomic mass is 32.2. The Balaban J connectivity index is 1.49. The number of pyridine rings is 1. The van der Waals surface area contributed by atoms with E-state index in [1.54, 1.807) is 0 Å². The molecule has 25 heavy (non-hydrogen) atoms. The van der Waals surface area contributed by atoms with Crippen LogP contribution in [0.25, 0.3) is 0 Å². The van der Waals surface area contributed by atoms with Gasteiger partial charge in [0.25, 0.3) is 10.2 Å². The topological polar surface area (TPSA) is 115 Å². The van der Waals surface area contributed by atoms with E-state index < -0.39 is 15.6 Å². The highest BCUT2D eigenvalue weighted by Crippen LogP contribution is 2.15. The standard InChI is InChI=1S/C15H24N4O5S/c20-14-9-13(16-10-15(14)21)11-18-3-1-12(2-4-18)17-25(22,23)19-5-7-24-8-6-19/h9-10,12,17,21H,1-8,11H2,(H,16,20). The van der Waals surface area contributed by atoms with Crippen LogP contribution in [0.15, 0.2) is 17.1 Å². The lowest BCUT2D eigenvalue weighted by Crippen LogP contribution is -2.52. The molecular formula is C15H24N4O5S. The van der Waals surface area contributed by atoms with E-state index in [1.807, 2.05) is 0 Å². The Morgan fingerprint density at radius 1 is 1.24 bits per heavy atom. The van der Waals surface area contributed by atoms with Crippen LogP contribution in [0.2, 0.25) is 0 Å². The third kappa shape index (κ3) is 4.79. The summed E-state index contributed by atoms with van der Waals surface area (Å²) in [6, 6.07) is 1.31. The molecule has 140 valence electrons. The average Bonchev–Trinajstić information content (AvgIpc) is 2.60. The number of ether oxygens (including phenoxy) is 1. The zero-order valence-corrected chi connectivity index (χ0v) is 14.8. The van der Waals surface area contributed by atoms with Gasteiger partial charge in [0, 0.05) is 56.7 Å². The van der Waals surface area contributed by atoms with Crippen molar-refractivity contribution >= 4 is 10.2 Å². The number of piperidine rings is 1. The van der Waals surface area contributed by atoms with Crippen molar-refractivity contribution < 1.29 is 18.3 Å². The molecule has 3 heterocycles. The first kappa shape index (κ1) is 18.3. The first-order chi connectivity index (χ1) is 11.9. The van der Waals surface area contributed by atoms with E-state index in [0.29, 0.717) is 45.7 Å². The molecule has 0 aromatic carbocycles. The van der Waals surface area contributed by atoms with Crippen molar-refractivity contribution in [2.75, 3.05) is 39.4 Å². The number of likely N-dealkylation sites (tertiary alicyclic amines) is 1. The van der Waals surface area contributed by atoms with Crippen LogP contribution in [0.1, 0.15) is 18.5 Å². The largest absolute Gasteiger partial charge is 0.503 e. The third-order valence-electron chi connectivity index (χ3n) is 4.56. The molecule has 0 saturated carbocycles. The molecule has 0 bridgehead atoms. The molecule has 1 aromatic rings. The smallest absolute Gasteiger partial charge is 0.279 e. The van der Waals surface area contributed by atoms with Gasteiger partial charge in [0.15, 0.2) is 5.75 Å². The number of aromatic amines is 1.